The summed E-state index contributed by atoms with van der Waals surface area (Å²) in [5.74, 6) is 2.64. The topological polar surface area (TPSA) is 12.0 Å². The molecule has 1 heterocycles. The minimum absolute atomic E-state index is 0.767. The summed E-state index contributed by atoms with van der Waals surface area (Å²) in [7, 11) is 0. The molecule has 2 rings (SSSR count). The summed E-state index contributed by atoms with van der Waals surface area (Å²) in [5, 5.41) is 3.61. The van der Waals surface area contributed by atoms with Crippen LogP contribution in [0, 0.1) is 0 Å². The molecule has 0 bridgehead atoms. The molecule has 0 amide bonds. The van der Waals surface area contributed by atoms with E-state index in [4.69, 9.17) is 0 Å². The molecule has 76 valence electrons. The lowest BCUT2D eigenvalue weighted by Crippen LogP contribution is -2.30. The Bertz CT molecular complexity index is 254. The molecule has 1 atom stereocenters. The molecular weight excluding hydrogens is 190 g/mol. The molecule has 0 aromatic heterocycles. The third-order valence-corrected chi connectivity index (χ3v) is 3.78. The van der Waals surface area contributed by atoms with E-state index in [1.54, 1.807) is 0 Å². The summed E-state index contributed by atoms with van der Waals surface area (Å²) >= 11 is 2.07. The van der Waals surface area contributed by atoms with E-state index in [0.717, 1.165) is 19.0 Å². The van der Waals surface area contributed by atoms with E-state index in [0.29, 0.717) is 0 Å². The van der Waals surface area contributed by atoms with Crippen LogP contribution in [0.15, 0.2) is 30.3 Å². The van der Waals surface area contributed by atoms with Gasteiger partial charge in [-0.3, -0.25) is 0 Å². The standard InChI is InChI=1S/C12H17NS/c1-2-4-11(5-3-1)6-8-13-12-7-9-14-10-12/h1-5,12-13H,6-10H2/t12-/m0/s1. The smallest absolute Gasteiger partial charge is 0.0166 e. The average molecular weight is 207 g/mol. The van der Waals surface area contributed by atoms with Crippen LogP contribution in [-0.2, 0) is 6.42 Å². The van der Waals surface area contributed by atoms with Gasteiger partial charge in [0.2, 0.25) is 0 Å². The van der Waals surface area contributed by atoms with E-state index in [9.17, 15) is 0 Å². The fourth-order valence-electron chi connectivity index (χ4n) is 1.76. The zero-order chi connectivity index (χ0) is 9.64. The first-order chi connectivity index (χ1) is 6.95. The summed E-state index contributed by atoms with van der Waals surface area (Å²) in [4.78, 5) is 0. The van der Waals surface area contributed by atoms with Crippen molar-refractivity contribution in [2.24, 2.45) is 0 Å². The molecule has 1 N–H and O–H groups in total. The molecule has 0 spiro atoms. The van der Waals surface area contributed by atoms with E-state index < -0.39 is 0 Å². The molecule has 0 aliphatic carbocycles. The van der Waals surface area contributed by atoms with Gasteiger partial charge in [-0.2, -0.15) is 11.8 Å². The number of thioether (sulfide) groups is 1. The maximum Gasteiger partial charge on any atom is 0.0166 e. The maximum absolute atomic E-state index is 3.61. The third kappa shape index (κ3) is 3.03. The Morgan fingerprint density at radius 1 is 1.29 bits per heavy atom. The highest BCUT2D eigenvalue weighted by Gasteiger charge is 2.13. The fraction of sp³-hybridized carbons (Fsp3) is 0.500. The van der Waals surface area contributed by atoms with Gasteiger partial charge >= 0.3 is 0 Å². The maximum atomic E-state index is 3.61. The molecule has 1 nitrogen and oxygen atoms in total. The Kier molecular flexibility index (Phi) is 3.90. The van der Waals surface area contributed by atoms with Gasteiger partial charge in [0.25, 0.3) is 0 Å². The summed E-state index contributed by atoms with van der Waals surface area (Å²) in [6, 6.07) is 11.5. The van der Waals surface area contributed by atoms with Gasteiger partial charge in [-0.25, -0.2) is 0 Å². The van der Waals surface area contributed by atoms with Crippen LogP contribution < -0.4 is 5.32 Å². The predicted octanol–water partition coefficient (Wildman–Crippen LogP) is 2.32. The molecule has 0 radical (unpaired) electrons. The first-order valence-corrected chi connectivity index (χ1v) is 6.46. The summed E-state index contributed by atoms with van der Waals surface area (Å²) in [5.41, 5.74) is 1.44. The van der Waals surface area contributed by atoms with Gasteiger partial charge in [-0.1, -0.05) is 30.3 Å². The lowest BCUT2D eigenvalue weighted by Gasteiger charge is -2.10. The molecule has 1 aliphatic heterocycles. The van der Waals surface area contributed by atoms with Crippen molar-refractivity contribution in [3.05, 3.63) is 35.9 Å². The Labute approximate surface area is 90.3 Å². The van der Waals surface area contributed by atoms with E-state index in [1.165, 1.54) is 23.5 Å². The van der Waals surface area contributed by atoms with E-state index in [1.807, 2.05) is 0 Å². The molecule has 1 saturated heterocycles. The van der Waals surface area contributed by atoms with Gasteiger partial charge in [-0.05, 0) is 30.7 Å². The second-order valence-corrected chi connectivity index (χ2v) is 4.90. The predicted molar refractivity (Wildman–Crippen MR) is 63.9 cm³/mol. The number of nitrogens with one attached hydrogen (secondary N) is 1. The number of hydrogen-bond acceptors (Lipinski definition) is 2. The van der Waals surface area contributed by atoms with Gasteiger partial charge < -0.3 is 5.32 Å². The molecule has 1 fully saturated rings. The first kappa shape index (κ1) is 10.1. The lowest BCUT2D eigenvalue weighted by molar-refractivity contribution is 0.560. The van der Waals surface area contributed by atoms with Crippen LogP contribution in [0.25, 0.3) is 0 Å². The van der Waals surface area contributed by atoms with Gasteiger partial charge in [0.05, 0.1) is 0 Å². The Morgan fingerprint density at radius 3 is 2.86 bits per heavy atom. The van der Waals surface area contributed by atoms with Gasteiger partial charge in [0, 0.05) is 11.8 Å². The number of benzene rings is 1. The zero-order valence-corrected chi connectivity index (χ0v) is 9.22. The number of hydrogen-bond donors (Lipinski definition) is 1. The fourth-order valence-corrected chi connectivity index (χ4v) is 2.95. The van der Waals surface area contributed by atoms with Crippen molar-refractivity contribution in [2.75, 3.05) is 18.1 Å². The van der Waals surface area contributed by atoms with E-state index in [2.05, 4.69) is 47.4 Å². The molecule has 1 aromatic rings. The first-order valence-electron chi connectivity index (χ1n) is 5.30. The molecule has 14 heavy (non-hydrogen) atoms. The molecule has 2 heteroatoms. The average Bonchev–Trinajstić information content (AvgIpc) is 2.72. The zero-order valence-electron chi connectivity index (χ0n) is 8.41. The second-order valence-electron chi connectivity index (χ2n) is 3.75. The van der Waals surface area contributed by atoms with Crippen LogP contribution in [0.4, 0.5) is 0 Å². The van der Waals surface area contributed by atoms with Crippen LogP contribution in [0.2, 0.25) is 0 Å². The molecule has 1 aromatic carbocycles. The van der Waals surface area contributed by atoms with Crippen molar-refractivity contribution < 1.29 is 0 Å². The SMILES string of the molecule is c1ccc(CCN[C@H]2CCSC2)cc1. The van der Waals surface area contributed by atoms with Crippen molar-refractivity contribution in [3.8, 4) is 0 Å². The highest BCUT2D eigenvalue weighted by Crippen LogP contribution is 2.16. The normalized spacial score (nSPS) is 21.3. The van der Waals surface area contributed by atoms with Crippen LogP contribution in [0.3, 0.4) is 0 Å². The number of rotatable bonds is 4. The van der Waals surface area contributed by atoms with Crippen LogP contribution in [-0.4, -0.2) is 24.1 Å². The largest absolute Gasteiger partial charge is 0.313 e. The molecule has 1 aliphatic rings. The summed E-state index contributed by atoms with van der Waals surface area (Å²) < 4.78 is 0. The summed E-state index contributed by atoms with van der Waals surface area (Å²) in [6.45, 7) is 1.12. The highest BCUT2D eigenvalue weighted by molar-refractivity contribution is 7.99. The van der Waals surface area contributed by atoms with Crippen molar-refractivity contribution in [1.29, 1.82) is 0 Å². The van der Waals surface area contributed by atoms with Crippen molar-refractivity contribution in [1.82, 2.24) is 5.32 Å². The molecular formula is C12H17NS. The third-order valence-electron chi connectivity index (χ3n) is 2.62. The van der Waals surface area contributed by atoms with Gasteiger partial charge in [-0.15, -0.1) is 0 Å². The van der Waals surface area contributed by atoms with E-state index in [-0.39, 0.29) is 0 Å². The van der Waals surface area contributed by atoms with Crippen molar-refractivity contribution in [2.45, 2.75) is 18.9 Å². The Morgan fingerprint density at radius 2 is 2.14 bits per heavy atom. The summed E-state index contributed by atoms with van der Waals surface area (Å²) in [6.07, 6.45) is 2.50. The Hall–Kier alpha value is -0.470. The molecule has 0 unspecified atom stereocenters. The van der Waals surface area contributed by atoms with Crippen LogP contribution in [0.5, 0.6) is 0 Å². The minimum Gasteiger partial charge on any atom is -0.313 e. The van der Waals surface area contributed by atoms with Crippen LogP contribution >= 0.6 is 11.8 Å². The second kappa shape index (κ2) is 5.42. The highest BCUT2D eigenvalue weighted by atomic mass is 32.2. The molecule has 0 saturated carbocycles. The van der Waals surface area contributed by atoms with E-state index >= 15 is 0 Å². The van der Waals surface area contributed by atoms with Crippen molar-refractivity contribution in [3.63, 3.8) is 0 Å². The monoisotopic (exact) mass is 207 g/mol. The quantitative estimate of drug-likeness (QED) is 0.813. The van der Waals surface area contributed by atoms with Crippen LogP contribution in [0.1, 0.15) is 12.0 Å². The lowest BCUT2D eigenvalue weighted by atomic mass is 10.1. The van der Waals surface area contributed by atoms with Gasteiger partial charge in [0.15, 0.2) is 0 Å². The van der Waals surface area contributed by atoms with Crippen molar-refractivity contribution >= 4 is 11.8 Å². The Balaban J connectivity index is 1.67. The van der Waals surface area contributed by atoms with Gasteiger partial charge in [0.1, 0.15) is 0 Å². The minimum atomic E-state index is 0.767.